The Morgan fingerprint density at radius 2 is 2.12 bits per heavy atom. The van der Waals surface area contributed by atoms with E-state index in [-0.39, 0.29) is 5.56 Å². The molecule has 5 heteroatoms. The van der Waals surface area contributed by atoms with Gasteiger partial charge in [-0.25, -0.2) is 9.37 Å². The van der Waals surface area contributed by atoms with E-state index in [2.05, 4.69) is 26.2 Å². The van der Waals surface area contributed by atoms with Crippen molar-refractivity contribution < 1.29 is 4.39 Å². The molecule has 0 spiro atoms. The number of hydrogen-bond acceptors (Lipinski definition) is 3. The van der Waals surface area contributed by atoms with Gasteiger partial charge in [-0.3, -0.25) is 0 Å². The molecule has 0 radical (unpaired) electrons. The van der Waals surface area contributed by atoms with Gasteiger partial charge >= 0.3 is 0 Å². The van der Waals surface area contributed by atoms with Gasteiger partial charge in [-0.2, -0.15) is 5.26 Å². The second-order valence-electron chi connectivity index (χ2n) is 3.29. The highest BCUT2D eigenvalue weighted by Gasteiger charge is 2.04. The molecule has 0 atom stereocenters. The van der Waals surface area contributed by atoms with E-state index in [4.69, 9.17) is 5.26 Å². The zero-order chi connectivity index (χ0) is 12.3. The van der Waals surface area contributed by atoms with Crippen molar-refractivity contribution >= 4 is 27.4 Å². The van der Waals surface area contributed by atoms with Crippen molar-refractivity contribution in [1.29, 1.82) is 5.26 Å². The summed E-state index contributed by atoms with van der Waals surface area (Å²) in [6.07, 6.45) is 1.61. The highest BCUT2D eigenvalue weighted by atomic mass is 79.9. The third-order valence-corrected chi connectivity index (χ3v) is 2.56. The van der Waals surface area contributed by atoms with Crippen molar-refractivity contribution in [3.05, 3.63) is 52.4 Å². The van der Waals surface area contributed by atoms with Crippen molar-refractivity contribution in [2.75, 3.05) is 5.32 Å². The van der Waals surface area contributed by atoms with E-state index in [0.29, 0.717) is 11.5 Å². The van der Waals surface area contributed by atoms with E-state index in [1.807, 2.05) is 6.07 Å². The molecule has 0 amide bonds. The molecule has 0 saturated carbocycles. The van der Waals surface area contributed by atoms with E-state index >= 15 is 0 Å². The van der Waals surface area contributed by atoms with Crippen molar-refractivity contribution in [3.63, 3.8) is 0 Å². The summed E-state index contributed by atoms with van der Waals surface area (Å²) in [7, 11) is 0. The molecule has 0 fully saturated rings. The van der Waals surface area contributed by atoms with Crippen molar-refractivity contribution in [2.45, 2.75) is 0 Å². The fraction of sp³-hybridized carbons (Fsp3) is 0. The van der Waals surface area contributed by atoms with Gasteiger partial charge in [0.1, 0.15) is 11.6 Å². The minimum absolute atomic E-state index is 0.289. The number of halogens is 2. The van der Waals surface area contributed by atoms with Crippen LogP contribution in [0.15, 0.2) is 41.0 Å². The first-order chi connectivity index (χ1) is 8.19. The van der Waals surface area contributed by atoms with Crippen LogP contribution in [0.5, 0.6) is 0 Å². The fourth-order valence-corrected chi connectivity index (χ4v) is 1.51. The number of anilines is 2. The zero-order valence-electron chi connectivity index (χ0n) is 8.61. The van der Waals surface area contributed by atoms with E-state index in [9.17, 15) is 4.39 Å². The molecular formula is C12H7BrFN3. The van der Waals surface area contributed by atoms with Crippen LogP contribution < -0.4 is 5.32 Å². The Labute approximate surface area is 106 Å². The Morgan fingerprint density at radius 1 is 1.29 bits per heavy atom. The largest absolute Gasteiger partial charge is 0.338 e. The highest BCUT2D eigenvalue weighted by molar-refractivity contribution is 9.10. The molecule has 1 heterocycles. The Morgan fingerprint density at radius 3 is 2.71 bits per heavy atom. The van der Waals surface area contributed by atoms with Crippen molar-refractivity contribution in [2.24, 2.45) is 0 Å². The lowest BCUT2D eigenvalue weighted by Gasteiger charge is -2.06. The Kier molecular flexibility index (Phi) is 3.35. The van der Waals surface area contributed by atoms with Gasteiger partial charge in [0.05, 0.1) is 17.3 Å². The van der Waals surface area contributed by atoms with Crippen LogP contribution in [0.4, 0.5) is 15.9 Å². The van der Waals surface area contributed by atoms with Gasteiger partial charge in [0.2, 0.25) is 0 Å². The lowest BCUT2D eigenvalue weighted by atomic mass is 10.2. The average molecular weight is 292 g/mol. The molecule has 1 aromatic carbocycles. The minimum atomic E-state index is -0.478. The van der Waals surface area contributed by atoms with E-state index in [0.717, 1.165) is 4.47 Å². The maximum Gasteiger partial charge on any atom is 0.147 e. The van der Waals surface area contributed by atoms with E-state index < -0.39 is 5.82 Å². The van der Waals surface area contributed by atoms with E-state index in [1.165, 1.54) is 12.1 Å². The molecule has 0 aliphatic rings. The summed E-state index contributed by atoms with van der Waals surface area (Å²) in [5.74, 6) is 0.0607. The molecule has 84 valence electrons. The molecule has 0 aliphatic heterocycles. The topological polar surface area (TPSA) is 48.7 Å². The molecule has 0 saturated heterocycles. The predicted molar refractivity (Wildman–Crippen MR) is 66.3 cm³/mol. The van der Waals surface area contributed by atoms with Crippen molar-refractivity contribution in [3.8, 4) is 6.07 Å². The molecule has 0 bridgehead atoms. The molecular weight excluding hydrogens is 285 g/mol. The van der Waals surface area contributed by atoms with Gasteiger partial charge in [0.15, 0.2) is 0 Å². The van der Waals surface area contributed by atoms with Crippen LogP contribution in [-0.4, -0.2) is 4.98 Å². The summed E-state index contributed by atoms with van der Waals surface area (Å²) in [5.41, 5.74) is 0.579. The minimum Gasteiger partial charge on any atom is -0.338 e. The van der Waals surface area contributed by atoms with Crippen LogP contribution in [0, 0.1) is 17.1 Å². The molecule has 0 unspecified atom stereocenters. The summed E-state index contributed by atoms with van der Waals surface area (Å²) >= 11 is 3.26. The predicted octanol–water partition coefficient (Wildman–Crippen LogP) is 3.60. The number of nitriles is 1. The van der Waals surface area contributed by atoms with Crippen LogP contribution in [0.2, 0.25) is 0 Å². The van der Waals surface area contributed by atoms with Gasteiger partial charge in [-0.05, 0) is 46.3 Å². The van der Waals surface area contributed by atoms with Crippen LogP contribution in [-0.2, 0) is 0 Å². The highest BCUT2D eigenvalue weighted by Crippen LogP contribution is 2.20. The van der Waals surface area contributed by atoms with Crippen LogP contribution in [0.3, 0.4) is 0 Å². The van der Waals surface area contributed by atoms with Crippen LogP contribution in [0.1, 0.15) is 5.56 Å². The summed E-state index contributed by atoms with van der Waals surface area (Å²) in [6.45, 7) is 0. The number of rotatable bonds is 2. The third-order valence-electron chi connectivity index (χ3n) is 2.09. The van der Waals surface area contributed by atoms with Gasteiger partial charge in [-0.1, -0.05) is 0 Å². The van der Waals surface area contributed by atoms with Crippen LogP contribution >= 0.6 is 15.9 Å². The first-order valence-corrected chi connectivity index (χ1v) is 5.56. The Balaban J connectivity index is 2.25. The molecule has 17 heavy (non-hydrogen) atoms. The van der Waals surface area contributed by atoms with Crippen LogP contribution in [0.25, 0.3) is 0 Å². The second-order valence-corrected chi connectivity index (χ2v) is 4.21. The smallest absolute Gasteiger partial charge is 0.147 e. The summed E-state index contributed by atoms with van der Waals surface area (Å²) in [6, 6.07) is 9.64. The van der Waals surface area contributed by atoms with Gasteiger partial charge < -0.3 is 5.32 Å². The lowest BCUT2D eigenvalue weighted by molar-refractivity contribution is 0.631. The monoisotopic (exact) mass is 291 g/mol. The van der Waals surface area contributed by atoms with Crippen molar-refractivity contribution in [1.82, 2.24) is 4.98 Å². The maximum absolute atomic E-state index is 13.6. The first-order valence-electron chi connectivity index (χ1n) is 4.77. The molecule has 0 aliphatic carbocycles. The Hall–Kier alpha value is -1.93. The molecule has 2 rings (SSSR count). The number of aromatic nitrogens is 1. The number of hydrogen-bond donors (Lipinski definition) is 1. The molecule has 3 nitrogen and oxygen atoms in total. The second kappa shape index (κ2) is 4.93. The normalized spacial score (nSPS) is 9.71. The summed E-state index contributed by atoms with van der Waals surface area (Å²) in [5, 5.41) is 11.5. The summed E-state index contributed by atoms with van der Waals surface area (Å²) in [4.78, 5) is 4.07. The zero-order valence-corrected chi connectivity index (χ0v) is 10.2. The summed E-state index contributed by atoms with van der Waals surface area (Å²) < 4.78 is 14.4. The number of pyridine rings is 1. The number of nitrogens with one attached hydrogen (secondary N) is 1. The Bertz CT molecular complexity index is 575. The first kappa shape index (κ1) is 11.6. The van der Waals surface area contributed by atoms with Gasteiger partial charge in [0.25, 0.3) is 0 Å². The standard InChI is InChI=1S/C12H7BrFN3/c13-9-2-4-12(16-7-9)17-11-3-1-8(6-15)5-10(11)14/h1-5,7H,(H,16,17). The third kappa shape index (κ3) is 2.80. The molecule has 2 aromatic rings. The number of nitrogens with zero attached hydrogens (tertiary/aromatic N) is 2. The fourth-order valence-electron chi connectivity index (χ4n) is 1.27. The lowest BCUT2D eigenvalue weighted by Crippen LogP contribution is -1.96. The van der Waals surface area contributed by atoms with Gasteiger partial charge in [0, 0.05) is 10.7 Å². The quantitative estimate of drug-likeness (QED) is 0.920. The average Bonchev–Trinajstić information content (AvgIpc) is 2.34. The molecule has 1 N–H and O–H groups in total. The SMILES string of the molecule is N#Cc1ccc(Nc2ccc(Br)cn2)c(F)c1. The maximum atomic E-state index is 13.6. The number of benzene rings is 1. The molecule has 1 aromatic heterocycles. The van der Waals surface area contributed by atoms with Gasteiger partial charge in [-0.15, -0.1) is 0 Å². The van der Waals surface area contributed by atoms with E-state index in [1.54, 1.807) is 24.4 Å².